The van der Waals surface area contributed by atoms with E-state index < -0.39 is 35.4 Å². The Hall–Kier alpha value is -2.38. The molecule has 8 heteroatoms. The quantitative estimate of drug-likeness (QED) is 0.267. The lowest BCUT2D eigenvalue weighted by Crippen LogP contribution is -2.24. The second kappa shape index (κ2) is 10.7. The minimum Gasteiger partial charge on any atom is -0.429 e. The van der Waals surface area contributed by atoms with E-state index in [2.05, 4.69) is 16.4 Å². The molecule has 0 unspecified atom stereocenters. The third-order valence-electron chi connectivity index (χ3n) is 6.14. The van der Waals surface area contributed by atoms with E-state index in [0.717, 1.165) is 62.1 Å². The molecule has 1 aliphatic carbocycles. The zero-order valence-corrected chi connectivity index (χ0v) is 18.4. The first kappa shape index (κ1) is 25.2. The normalized spacial score (nSPS) is 19.4. The molecule has 3 rings (SSSR count). The van der Waals surface area contributed by atoms with Gasteiger partial charge in [0, 0.05) is 0 Å². The van der Waals surface area contributed by atoms with Gasteiger partial charge >= 0.3 is 12.5 Å². The van der Waals surface area contributed by atoms with E-state index in [4.69, 9.17) is 0 Å². The van der Waals surface area contributed by atoms with Gasteiger partial charge in [0.05, 0.1) is 5.56 Å². The lowest BCUT2D eigenvalue weighted by atomic mass is 9.77. The number of hydrogen-bond acceptors (Lipinski definition) is 2. The first-order valence-electron chi connectivity index (χ1n) is 11.3. The molecule has 0 bridgehead atoms. The van der Waals surface area contributed by atoms with Crippen LogP contribution in [0.25, 0.3) is 0 Å². The van der Waals surface area contributed by atoms with Gasteiger partial charge in [-0.3, -0.25) is 0 Å². The maximum atomic E-state index is 14.6. The molecule has 1 saturated carbocycles. The largest absolute Gasteiger partial charge is 0.573 e. The van der Waals surface area contributed by atoms with Crippen molar-refractivity contribution >= 4 is 0 Å². The maximum absolute atomic E-state index is 14.6. The van der Waals surface area contributed by atoms with Crippen molar-refractivity contribution < 1.29 is 35.8 Å². The van der Waals surface area contributed by atoms with Crippen LogP contribution in [0.1, 0.15) is 75.3 Å². The van der Waals surface area contributed by atoms with Gasteiger partial charge in [-0.05, 0) is 79.5 Å². The molecule has 33 heavy (non-hydrogen) atoms. The monoisotopic (exact) mass is 474 g/mol. The fraction of sp³-hybridized carbons (Fsp3) is 0.520. The number of rotatable bonds is 9. The van der Waals surface area contributed by atoms with E-state index in [1.54, 1.807) is 0 Å². The maximum Gasteiger partial charge on any atom is 0.573 e. The molecule has 0 spiro atoms. The van der Waals surface area contributed by atoms with Gasteiger partial charge in [-0.2, -0.15) is 8.78 Å². The smallest absolute Gasteiger partial charge is 0.429 e. The molecule has 1 aliphatic rings. The molecule has 0 amide bonds. The summed E-state index contributed by atoms with van der Waals surface area (Å²) in [6.45, 7) is 2.17. The number of halogens is 6. The Bertz CT molecular complexity index is 887. The van der Waals surface area contributed by atoms with Crippen LogP contribution in [-0.4, -0.2) is 6.36 Å². The highest BCUT2D eigenvalue weighted by molar-refractivity contribution is 5.34. The minimum absolute atomic E-state index is 0.145. The molecule has 0 N–H and O–H groups in total. The molecule has 182 valence electrons. The summed E-state index contributed by atoms with van der Waals surface area (Å²) in [7, 11) is 0. The summed E-state index contributed by atoms with van der Waals surface area (Å²) in [6.07, 6.45) is -0.0955. The van der Waals surface area contributed by atoms with Crippen molar-refractivity contribution in [2.75, 3.05) is 0 Å². The van der Waals surface area contributed by atoms with Gasteiger partial charge in [0.2, 0.25) is 0 Å². The zero-order chi connectivity index (χ0) is 24.1. The molecular formula is C25H28F6O2. The molecule has 0 atom stereocenters. The predicted molar refractivity (Wildman–Crippen MR) is 113 cm³/mol. The third-order valence-corrected chi connectivity index (χ3v) is 6.14. The third kappa shape index (κ3) is 7.30. The van der Waals surface area contributed by atoms with Crippen LogP contribution in [0, 0.1) is 11.7 Å². The number of alkyl halides is 5. The van der Waals surface area contributed by atoms with Crippen LogP contribution >= 0.6 is 0 Å². The Morgan fingerprint density at radius 1 is 0.818 bits per heavy atom. The van der Waals surface area contributed by atoms with E-state index in [0.29, 0.717) is 11.5 Å². The van der Waals surface area contributed by atoms with E-state index >= 15 is 0 Å². The van der Waals surface area contributed by atoms with Crippen LogP contribution < -0.4 is 9.47 Å². The van der Waals surface area contributed by atoms with Gasteiger partial charge in [0.25, 0.3) is 0 Å². The van der Waals surface area contributed by atoms with Gasteiger partial charge in [-0.15, -0.1) is 13.2 Å². The summed E-state index contributed by atoms with van der Waals surface area (Å²) >= 11 is 0. The SMILES string of the molecule is CCCCC[C@H]1CC[C@H](c2ccc(C(F)(F)Oc3ccc(OC(F)(F)F)cc3)c(F)c2)CC1. The zero-order valence-electron chi connectivity index (χ0n) is 18.4. The van der Waals surface area contributed by atoms with Gasteiger partial charge < -0.3 is 9.47 Å². The van der Waals surface area contributed by atoms with Crippen molar-refractivity contribution in [3.05, 3.63) is 59.4 Å². The Balaban J connectivity index is 1.61. The second-order valence-corrected chi connectivity index (χ2v) is 8.59. The highest BCUT2D eigenvalue weighted by atomic mass is 19.4. The summed E-state index contributed by atoms with van der Waals surface area (Å²) in [5, 5.41) is 0. The number of hydrogen-bond donors (Lipinski definition) is 0. The minimum atomic E-state index is -4.90. The molecule has 2 aromatic carbocycles. The van der Waals surface area contributed by atoms with Crippen molar-refractivity contribution in [1.82, 2.24) is 0 Å². The molecule has 0 aliphatic heterocycles. The molecule has 1 fully saturated rings. The van der Waals surface area contributed by atoms with Crippen molar-refractivity contribution in [3.8, 4) is 11.5 Å². The van der Waals surface area contributed by atoms with E-state index in [-0.39, 0.29) is 5.92 Å². The van der Waals surface area contributed by atoms with Gasteiger partial charge in [0.15, 0.2) is 0 Å². The Morgan fingerprint density at radius 3 is 1.97 bits per heavy atom. The van der Waals surface area contributed by atoms with Gasteiger partial charge in [-0.25, -0.2) is 4.39 Å². The summed E-state index contributed by atoms with van der Waals surface area (Å²) in [5.74, 6) is -1.23. The number of benzene rings is 2. The Morgan fingerprint density at radius 2 is 1.42 bits per heavy atom. The van der Waals surface area contributed by atoms with Gasteiger partial charge in [-0.1, -0.05) is 38.7 Å². The topological polar surface area (TPSA) is 18.5 Å². The van der Waals surface area contributed by atoms with E-state index in [1.807, 2.05) is 0 Å². The molecule has 0 aromatic heterocycles. The summed E-state index contributed by atoms with van der Waals surface area (Å²) in [6, 6.07) is 7.18. The van der Waals surface area contributed by atoms with Crippen LogP contribution in [0.2, 0.25) is 0 Å². The first-order valence-corrected chi connectivity index (χ1v) is 11.3. The predicted octanol–water partition coefficient (Wildman–Crippen LogP) is 8.71. The van der Waals surface area contributed by atoms with Gasteiger partial charge in [0.1, 0.15) is 17.3 Å². The van der Waals surface area contributed by atoms with Crippen LogP contribution in [0.15, 0.2) is 42.5 Å². The Kier molecular flexibility index (Phi) is 8.19. The molecule has 0 heterocycles. The summed E-state index contributed by atoms with van der Waals surface area (Å²) < 4.78 is 88.7. The first-order chi connectivity index (χ1) is 15.6. The molecule has 2 nitrogen and oxygen atoms in total. The average molecular weight is 474 g/mol. The number of unbranched alkanes of at least 4 members (excludes halogenated alkanes) is 2. The highest BCUT2D eigenvalue weighted by Gasteiger charge is 2.38. The fourth-order valence-electron chi connectivity index (χ4n) is 4.40. The van der Waals surface area contributed by atoms with Crippen LogP contribution in [-0.2, 0) is 6.11 Å². The highest BCUT2D eigenvalue weighted by Crippen LogP contribution is 2.40. The van der Waals surface area contributed by atoms with Crippen molar-refractivity contribution in [3.63, 3.8) is 0 Å². The van der Waals surface area contributed by atoms with Crippen molar-refractivity contribution in [2.24, 2.45) is 5.92 Å². The fourth-order valence-corrected chi connectivity index (χ4v) is 4.40. The second-order valence-electron chi connectivity index (χ2n) is 8.59. The molecule has 0 saturated heterocycles. The van der Waals surface area contributed by atoms with Crippen LogP contribution in [0.4, 0.5) is 26.3 Å². The van der Waals surface area contributed by atoms with E-state index in [9.17, 15) is 26.3 Å². The van der Waals surface area contributed by atoms with Crippen molar-refractivity contribution in [1.29, 1.82) is 0 Å². The van der Waals surface area contributed by atoms with Crippen molar-refractivity contribution in [2.45, 2.75) is 76.7 Å². The summed E-state index contributed by atoms with van der Waals surface area (Å²) in [5.41, 5.74) is -0.220. The molecule has 2 aromatic rings. The summed E-state index contributed by atoms with van der Waals surface area (Å²) in [4.78, 5) is 0. The lowest BCUT2D eigenvalue weighted by molar-refractivity contribution is -0.274. The standard InChI is InChI=1S/C25H28F6O2/c1-2-3-4-5-17-6-8-18(9-7-17)19-10-15-22(23(26)16-19)24(27,28)32-20-11-13-21(14-12-20)33-25(29,30)31/h10-18H,2-9H2,1H3/t17-,18-. The van der Waals surface area contributed by atoms with E-state index in [1.165, 1.54) is 31.7 Å². The molecule has 0 radical (unpaired) electrons. The van der Waals surface area contributed by atoms with Crippen LogP contribution in [0.3, 0.4) is 0 Å². The van der Waals surface area contributed by atoms with Crippen LogP contribution in [0.5, 0.6) is 11.5 Å². The lowest BCUT2D eigenvalue weighted by Gasteiger charge is -2.29. The Labute approximate surface area is 189 Å². The molecular weight excluding hydrogens is 446 g/mol. The number of ether oxygens (including phenoxy) is 2. The average Bonchev–Trinajstić information content (AvgIpc) is 2.74.